The molecule has 1 aliphatic carbocycles. The number of hydrogen-bond donors (Lipinski definition) is 0. The molecule has 0 saturated heterocycles. The Hall–Kier alpha value is -0.700. The number of Topliss-reactive ketones (excluding diaryl/α,β-unsaturated/α-hetero) is 1. The molecule has 1 saturated carbocycles. The molecular formula is C13H19NOS. The quantitative estimate of drug-likeness (QED) is 0.804. The molecule has 1 aliphatic rings. The van der Waals surface area contributed by atoms with E-state index in [9.17, 15) is 4.79 Å². The molecule has 0 amide bonds. The lowest BCUT2D eigenvalue weighted by molar-refractivity contribution is -0.121. The van der Waals surface area contributed by atoms with Crippen LogP contribution < -0.4 is 0 Å². The predicted octanol–water partition coefficient (Wildman–Crippen LogP) is 3.57. The largest absolute Gasteiger partial charge is 0.300 e. The fourth-order valence-corrected chi connectivity index (χ4v) is 3.21. The molecule has 0 bridgehead atoms. The van der Waals surface area contributed by atoms with Crippen LogP contribution in [0.4, 0.5) is 0 Å². The van der Waals surface area contributed by atoms with Gasteiger partial charge in [0.25, 0.3) is 0 Å². The van der Waals surface area contributed by atoms with E-state index in [-0.39, 0.29) is 0 Å². The minimum Gasteiger partial charge on any atom is -0.300 e. The third-order valence-electron chi connectivity index (χ3n) is 3.29. The Balaban J connectivity index is 1.91. The van der Waals surface area contributed by atoms with Crippen LogP contribution in [0.15, 0.2) is 5.38 Å². The van der Waals surface area contributed by atoms with E-state index in [2.05, 4.69) is 24.2 Å². The average molecular weight is 237 g/mol. The molecule has 3 heteroatoms. The molecule has 1 heterocycles. The van der Waals surface area contributed by atoms with Crippen molar-refractivity contribution in [2.45, 2.75) is 51.9 Å². The number of thiazole rings is 1. The van der Waals surface area contributed by atoms with Crippen LogP contribution in [0.1, 0.15) is 56.2 Å². The second-order valence-corrected chi connectivity index (χ2v) is 5.95. The van der Waals surface area contributed by atoms with Gasteiger partial charge in [0.2, 0.25) is 0 Å². The van der Waals surface area contributed by atoms with Crippen LogP contribution in [0, 0.1) is 5.92 Å². The van der Waals surface area contributed by atoms with E-state index in [1.807, 2.05) is 0 Å². The third kappa shape index (κ3) is 2.91. The predicted molar refractivity (Wildman–Crippen MR) is 66.9 cm³/mol. The first-order chi connectivity index (χ1) is 7.65. The van der Waals surface area contributed by atoms with E-state index in [0.29, 0.717) is 17.6 Å². The lowest BCUT2D eigenvalue weighted by Crippen LogP contribution is -2.15. The van der Waals surface area contributed by atoms with Crippen molar-refractivity contribution in [2.75, 3.05) is 0 Å². The van der Waals surface area contributed by atoms with E-state index in [4.69, 9.17) is 0 Å². The Morgan fingerprint density at radius 1 is 1.44 bits per heavy atom. The first kappa shape index (κ1) is 11.8. The summed E-state index contributed by atoms with van der Waals surface area (Å²) in [6, 6.07) is 0. The summed E-state index contributed by atoms with van der Waals surface area (Å²) >= 11 is 1.78. The van der Waals surface area contributed by atoms with Gasteiger partial charge in [0.1, 0.15) is 5.78 Å². The van der Waals surface area contributed by atoms with E-state index < -0.39 is 0 Å². The fraction of sp³-hybridized carbons (Fsp3) is 0.692. The molecule has 2 nitrogen and oxygen atoms in total. The summed E-state index contributed by atoms with van der Waals surface area (Å²) in [5.74, 6) is 1.65. The lowest BCUT2D eigenvalue weighted by Gasteiger charge is -2.19. The van der Waals surface area contributed by atoms with Crippen LogP contribution in [0.5, 0.6) is 0 Å². The van der Waals surface area contributed by atoms with E-state index >= 15 is 0 Å². The Bertz CT molecular complexity index is 360. The molecule has 0 aromatic carbocycles. The van der Waals surface area contributed by atoms with Gasteiger partial charge in [0.15, 0.2) is 0 Å². The molecule has 0 spiro atoms. The highest BCUT2D eigenvalue weighted by Crippen LogP contribution is 2.27. The topological polar surface area (TPSA) is 30.0 Å². The molecule has 0 N–H and O–H groups in total. The standard InChI is InChI=1S/C13H19NOS/c1-9(2)12-8-16-13(14-12)7-10-3-5-11(15)6-4-10/h8-10H,3-7H2,1-2H3. The van der Waals surface area contributed by atoms with Gasteiger partial charge in [-0.25, -0.2) is 4.98 Å². The molecule has 2 rings (SSSR count). The first-order valence-electron chi connectivity index (χ1n) is 6.11. The van der Waals surface area contributed by atoms with Crippen molar-refractivity contribution in [3.05, 3.63) is 16.1 Å². The van der Waals surface area contributed by atoms with Crippen LogP contribution in [0.25, 0.3) is 0 Å². The van der Waals surface area contributed by atoms with Gasteiger partial charge in [-0.2, -0.15) is 0 Å². The summed E-state index contributed by atoms with van der Waals surface area (Å²) in [6.45, 7) is 4.36. The highest BCUT2D eigenvalue weighted by Gasteiger charge is 2.20. The van der Waals surface area contributed by atoms with Crippen LogP contribution in [-0.2, 0) is 11.2 Å². The minimum atomic E-state index is 0.443. The van der Waals surface area contributed by atoms with Gasteiger partial charge >= 0.3 is 0 Å². The normalized spacial score (nSPS) is 18.3. The minimum absolute atomic E-state index is 0.443. The molecule has 0 radical (unpaired) electrons. The number of hydrogen-bond acceptors (Lipinski definition) is 3. The van der Waals surface area contributed by atoms with Crippen molar-refractivity contribution in [3.8, 4) is 0 Å². The number of aromatic nitrogens is 1. The summed E-state index contributed by atoms with van der Waals surface area (Å²) in [5.41, 5.74) is 1.21. The lowest BCUT2D eigenvalue weighted by atomic mass is 9.86. The number of carbonyl (C=O) groups excluding carboxylic acids is 1. The molecular weight excluding hydrogens is 218 g/mol. The van der Waals surface area contributed by atoms with Crippen LogP contribution in [0.2, 0.25) is 0 Å². The first-order valence-corrected chi connectivity index (χ1v) is 6.99. The molecule has 0 unspecified atom stereocenters. The maximum absolute atomic E-state index is 11.1. The summed E-state index contributed by atoms with van der Waals surface area (Å²) in [5, 5.41) is 3.43. The van der Waals surface area contributed by atoms with Gasteiger partial charge in [0.05, 0.1) is 10.7 Å². The smallest absolute Gasteiger partial charge is 0.132 e. The maximum Gasteiger partial charge on any atom is 0.132 e. The van der Waals surface area contributed by atoms with Crippen molar-refractivity contribution in [1.29, 1.82) is 0 Å². The average Bonchev–Trinajstić information content (AvgIpc) is 2.70. The van der Waals surface area contributed by atoms with E-state index in [1.54, 1.807) is 11.3 Å². The van der Waals surface area contributed by atoms with E-state index in [1.165, 1.54) is 10.7 Å². The Labute approximate surface area is 101 Å². The summed E-state index contributed by atoms with van der Waals surface area (Å²) in [4.78, 5) is 15.8. The monoisotopic (exact) mass is 237 g/mol. The molecule has 88 valence electrons. The summed E-state index contributed by atoms with van der Waals surface area (Å²) in [6.07, 6.45) is 4.77. The van der Waals surface area contributed by atoms with Gasteiger partial charge < -0.3 is 0 Å². The van der Waals surface area contributed by atoms with Crippen molar-refractivity contribution < 1.29 is 4.79 Å². The molecule has 1 fully saturated rings. The third-order valence-corrected chi connectivity index (χ3v) is 4.18. The van der Waals surface area contributed by atoms with Gasteiger partial charge in [-0.05, 0) is 24.7 Å². The highest BCUT2D eigenvalue weighted by molar-refractivity contribution is 7.09. The number of nitrogens with zero attached hydrogens (tertiary/aromatic N) is 1. The van der Waals surface area contributed by atoms with Crippen molar-refractivity contribution in [1.82, 2.24) is 4.98 Å². The number of ketones is 1. The second kappa shape index (κ2) is 5.09. The fourth-order valence-electron chi connectivity index (χ4n) is 2.13. The maximum atomic E-state index is 11.1. The van der Waals surface area contributed by atoms with Crippen molar-refractivity contribution >= 4 is 17.1 Å². The molecule has 1 aromatic heterocycles. The zero-order chi connectivity index (χ0) is 11.5. The summed E-state index contributed by atoms with van der Waals surface area (Å²) < 4.78 is 0. The SMILES string of the molecule is CC(C)c1csc(CC2CCC(=O)CC2)n1. The van der Waals surface area contributed by atoms with Crippen LogP contribution in [-0.4, -0.2) is 10.8 Å². The number of carbonyl (C=O) groups is 1. The van der Waals surface area contributed by atoms with Gasteiger partial charge in [-0.15, -0.1) is 11.3 Å². The van der Waals surface area contributed by atoms with E-state index in [0.717, 1.165) is 32.1 Å². The Kier molecular flexibility index (Phi) is 3.74. The Morgan fingerprint density at radius 3 is 2.69 bits per heavy atom. The molecule has 0 aliphatic heterocycles. The van der Waals surface area contributed by atoms with Gasteiger partial charge in [-0.1, -0.05) is 13.8 Å². The molecule has 16 heavy (non-hydrogen) atoms. The Morgan fingerprint density at radius 2 is 2.12 bits per heavy atom. The van der Waals surface area contributed by atoms with Gasteiger partial charge in [-0.3, -0.25) is 4.79 Å². The summed E-state index contributed by atoms with van der Waals surface area (Å²) in [7, 11) is 0. The second-order valence-electron chi connectivity index (χ2n) is 5.01. The molecule has 1 aromatic rings. The zero-order valence-electron chi connectivity index (χ0n) is 10.0. The van der Waals surface area contributed by atoms with Crippen molar-refractivity contribution in [3.63, 3.8) is 0 Å². The van der Waals surface area contributed by atoms with Crippen molar-refractivity contribution in [2.24, 2.45) is 5.92 Å². The number of rotatable bonds is 3. The molecule has 0 atom stereocenters. The zero-order valence-corrected chi connectivity index (χ0v) is 10.8. The van der Waals surface area contributed by atoms with Gasteiger partial charge in [0, 0.05) is 24.6 Å². The highest BCUT2D eigenvalue weighted by atomic mass is 32.1. The van der Waals surface area contributed by atoms with Crippen LogP contribution in [0.3, 0.4) is 0 Å². The van der Waals surface area contributed by atoms with Crippen LogP contribution >= 0.6 is 11.3 Å².